The minimum atomic E-state index is -0.738. The molecule has 3 heterocycles. The van der Waals surface area contributed by atoms with Gasteiger partial charge in [0.1, 0.15) is 5.75 Å². The number of phenols is 1. The maximum atomic E-state index is 10.6. The van der Waals surface area contributed by atoms with Crippen molar-refractivity contribution in [1.82, 2.24) is 4.40 Å². The van der Waals surface area contributed by atoms with Crippen molar-refractivity contribution in [1.29, 1.82) is 0 Å². The second-order valence-corrected chi connectivity index (χ2v) is 7.70. The first-order chi connectivity index (χ1) is 14.6. The third-order valence-electron chi connectivity index (χ3n) is 5.68. The van der Waals surface area contributed by atoms with E-state index in [0.29, 0.717) is 19.6 Å². The van der Waals surface area contributed by atoms with Gasteiger partial charge in [-0.25, -0.2) is 0 Å². The molecule has 0 amide bonds. The van der Waals surface area contributed by atoms with E-state index in [4.69, 9.17) is 9.84 Å². The summed E-state index contributed by atoms with van der Waals surface area (Å²) in [5.74, 6) is -0.469. The first-order valence-electron chi connectivity index (χ1n) is 10.6. The molecule has 5 nitrogen and oxygen atoms in total. The Hall–Kier alpha value is -3.05. The van der Waals surface area contributed by atoms with Crippen LogP contribution in [-0.4, -0.2) is 27.2 Å². The highest BCUT2D eigenvalue weighted by Gasteiger charge is 2.20. The summed E-state index contributed by atoms with van der Waals surface area (Å²) < 4.78 is 8.22. The van der Waals surface area contributed by atoms with E-state index < -0.39 is 5.97 Å². The van der Waals surface area contributed by atoms with Crippen LogP contribution in [0.25, 0.3) is 27.7 Å². The fourth-order valence-corrected chi connectivity index (χ4v) is 4.29. The highest BCUT2D eigenvalue weighted by atomic mass is 16.5. The predicted octanol–water partition coefficient (Wildman–Crippen LogP) is 5.63. The maximum absolute atomic E-state index is 10.6. The number of nitrogens with zero attached hydrogens (tertiary/aromatic N) is 1. The number of ether oxygens (including phenoxy) is 1. The molecule has 0 spiro atoms. The van der Waals surface area contributed by atoms with E-state index in [2.05, 4.69) is 35.6 Å². The summed E-state index contributed by atoms with van der Waals surface area (Å²) >= 11 is 0. The molecule has 5 heteroatoms. The number of carboxylic acid groups (broad SMARTS) is 1. The Labute approximate surface area is 175 Å². The summed E-state index contributed by atoms with van der Waals surface area (Å²) in [5, 5.41) is 18.4. The Morgan fingerprint density at radius 3 is 2.50 bits per heavy atom. The van der Waals surface area contributed by atoms with Gasteiger partial charge in [-0.05, 0) is 60.7 Å². The van der Waals surface area contributed by atoms with Gasteiger partial charge in [-0.3, -0.25) is 4.79 Å². The van der Waals surface area contributed by atoms with Gasteiger partial charge in [0.25, 0.3) is 0 Å². The van der Waals surface area contributed by atoms with Gasteiger partial charge in [0.05, 0.1) is 23.2 Å². The normalized spacial score (nSPS) is 11.6. The predicted molar refractivity (Wildman–Crippen MR) is 118 cm³/mol. The van der Waals surface area contributed by atoms with Crippen molar-refractivity contribution in [3.05, 3.63) is 59.7 Å². The average molecular weight is 405 g/mol. The number of benzene rings is 1. The van der Waals surface area contributed by atoms with Crippen molar-refractivity contribution < 1.29 is 19.7 Å². The molecule has 30 heavy (non-hydrogen) atoms. The number of carbonyl (C=O) groups is 1. The van der Waals surface area contributed by atoms with E-state index >= 15 is 0 Å². The second kappa shape index (κ2) is 8.76. The largest absolute Gasteiger partial charge is 0.508 e. The van der Waals surface area contributed by atoms with E-state index in [0.717, 1.165) is 35.9 Å². The lowest BCUT2D eigenvalue weighted by molar-refractivity contribution is -0.137. The van der Waals surface area contributed by atoms with Crippen LogP contribution < -0.4 is 0 Å². The van der Waals surface area contributed by atoms with E-state index in [1.165, 1.54) is 22.2 Å². The van der Waals surface area contributed by atoms with Gasteiger partial charge < -0.3 is 19.4 Å². The van der Waals surface area contributed by atoms with E-state index in [1.807, 2.05) is 12.1 Å². The van der Waals surface area contributed by atoms with Crippen LogP contribution in [0.1, 0.15) is 43.7 Å². The van der Waals surface area contributed by atoms with E-state index in [-0.39, 0.29) is 12.2 Å². The lowest BCUT2D eigenvalue weighted by atomic mass is 9.99. The van der Waals surface area contributed by atoms with Crippen LogP contribution in [0.3, 0.4) is 0 Å². The summed E-state index contributed by atoms with van der Waals surface area (Å²) in [6.07, 6.45) is 3.59. The molecule has 0 atom stereocenters. The molecule has 4 aromatic rings. The lowest BCUT2D eigenvalue weighted by Crippen LogP contribution is -1.98. The van der Waals surface area contributed by atoms with Crippen LogP contribution >= 0.6 is 0 Å². The van der Waals surface area contributed by atoms with Crippen molar-refractivity contribution in [2.24, 2.45) is 0 Å². The number of carboxylic acids is 1. The molecular weight excluding hydrogens is 378 g/mol. The number of unbranched alkanes of at least 4 members (excludes halogenated alkanes) is 2. The SMILES string of the molecule is CCc1c(-c2ccc(O)cc2)c2cc(COCCCCCC(=O)O)c3cccc1n32. The standard InChI is InChI=1S/C25H27NO4/c1-2-20-22-8-6-7-21-18(16-30-14-5-3-4-9-24(28)29)15-23(26(21)22)25(20)17-10-12-19(27)13-11-17/h6-8,10-13,15,27H,2-5,9,14,16H2,1H3,(H,28,29). The fraction of sp³-hybridized carbons (Fsp3) is 0.320. The topological polar surface area (TPSA) is 71.2 Å². The molecule has 0 bridgehead atoms. The smallest absolute Gasteiger partial charge is 0.303 e. The molecule has 4 rings (SSSR count). The molecule has 2 N–H and O–H groups in total. The number of phenolic OH excluding ortho intramolecular Hbond substituents is 1. The Morgan fingerprint density at radius 2 is 1.77 bits per heavy atom. The third-order valence-corrected chi connectivity index (χ3v) is 5.68. The number of aromatic nitrogens is 1. The summed E-state index contributed by atoms with van der Waals surface area (Å²) in [6.45, 7) is 3.35. The molecular formula is C25H27NO4. The second-order valence-electron chi connectivity index (χ2n) is 7.70. The summed E-state index contributed by atoms with van der Waals surface area (Å²) in [6, 6.07) is 16.0. The first kappa shape index (κ1) is 20.2. The quantitative estimate of drug-likeness (QED) is 0.336. The van der Waals surface area contributed by atoms with Crippen molar-refractivity contribution in [3.8, 4) is 16.9 Å². The molecule has 0 fully saturated rings. The number of rotatable bonds is 10. The van der Waals surface area contributed by atoms with Crippen molar-refractivity contribution in [3.63, 3.8) is 0 Å². The van der Waals surface area contributed by atoms with Crippen LogP contribution in [0, 0.1) is 0 Å². The molecule has 0 unspecified atom stereocenters. The summed E-state index contributed by atoms with van der Waals surface area (Å²) in [5.41, 5.74) is 8.33. The molecule has 156 valence electrons. The van der Waals surface area contributed by atoms with Crippen molar-refractivity contribution in [2.45, 2.75) is 45.6 Å². The van der Waals surface area contributed by atoms with Gasteiger partial charge in [0, 0.05) is 24.2 Å². The van der Waals surface area contributed by atoms with Gasteiger partial charge >= 0.3 is 5.97 Å². The molecule has 0 aliphatic heterocycles. The van der Waals surface area contributed by atoms with Crippen LogP contribution in [-0.2, 0) is 22.6 Å². The molecule has 0 radical (unpaired) electrons. The third kappa shape index (κ3) is 3.85. The number of pyridine rings is 1. The van der Waals surface area contributed by atoms with Crippen LogP contribution in [0.4, 0.5) is 0 Å². The average Bonchev–Trinajstić information content (AvgIpc) is 3.26. The first-order valence-corrected chi connectivity index (χ1v) is 10.6. The van der Waals surface area contributed by atoms with Crippen molar-refractivity contribution >= 4 is 22.5 Å². The highest BCUT2D eigenvalue weighted by Crippen LogP contribution is 2.39. The zero-order valence-corrected chi connectivity index (χ0v) is 17.2. The summed E-state index contributed by atoms with van der Waals surface area (Å²) in [7, 11) is 0. The fourth-order valence-electron chi connectivity index (χ4n) is 4.29. The molecule has 1 aromatic carbocycles. The number of hydrogen-bond acceptors (Lipinski definition) is 3. The molecule has 0 aliphatic carbocycles. The lowest BCUT2D eigenvalue weighted by Gasteiger charge is -2.06. The van der Waals surface area contributed by atoms with E-state index in [9.17, 15) is 9.90 Å². The molecule has 0 aliphatic rings. The Morgan fingerprint density at radius 1 is 1.00 bits per heavy atom. The van der Waals surface area contributed by atoms with Gasteiger partial charge in [0.2, 0.25) is 0 Å². The Balaban J connectivity index is 1.58. The summed E-state index contributed by atoms with van der Waals surface area (Å²) in [4.78, 5) is 10.6. The van der Waals surface area contributed by atoms with Gasteiger partial charge in [0.15, 0.2) is 0 Å². The minimum absolute atomic E-state index is 0.225. The number of aromatic hydroxyl groups is 1. The Bertz CT molecular complexity index is 1140. The van der Waals surface area contributed by atoms with Crippen LogP contribution in [0.15, 0.2) is 48.5 Å². The Kier molecular flexibility index (Phi) is 5.91. The number of aryl methyl sites for hydroxylation is 1. The monoisotopic (exact) mass is 405 g/mol. The maximum Gasteiger partial charge on any atom is 0.303 e. The number of aliphatic carboxylic acids is 1. The van der Waals surface area contributed by atoms with Gasteiger partial charge in [-0.15, -0.1) is 0 Å². The highest BCUT2D eigenvalue weighted by molar-refractivity contribution is 5.96. The van der Waals surface area contributed by atoms with Gasteiger partial charge in [-0.1, -0.05) is 31.5 Å². The molecule has 0 saturated heterocycles. The van der Waals surface area contributed by atoms with E-state index in [1.54, 1.807) is 12.1 Å². The minimum Gasteiger partial charge on any atom is -0.508 e. The van der Waals surface area contributed by atoms with Crippen molar-refractivity contribution in [2.75, 3.05) is 6.61 Å². The zero-order chi connectivity index (χ0) is 21.1. The molecule has 3 aromatic heterocycles. The zero-order valence-electron chi connectivity index (χ0n) is 17.2. The number of hydrogen-bond donors (Lipinski definition) is 2. The molecule has 0 saturated carbocycles. The van der Waals surface area contributed by atoms with Crippen LogP contribution in [0.2, 0.25) is 0 Å². The van der Waals surface area contributed by atoms with Gasteiger partial charge in [-0.2, -0.15) is 0 Å². The van der Waals surface area contributed by atoms with Crippen LogP contribution in [0.5, 0.6) is 5.75 Å².